The maximum absolute atomic E-state index is 10.9. The van der Waals surface area contributed by atoms with Crippen LogP contribution in [0.2, 0.25) is 0 Å². The van der Waals surface area contributed by atoms with Crippen LogP contribution < -0.4 is 11.3 Å². The Morgan fingerprint density at radius 1 is 1.35 bits per heavy atom. The fourth-order valence-corrected chi connectivity index (χ4v) is 1.97. The van der Waals surface area contributed by atoms with Gasteiger partial charge in [0.15, 0.2) is 0 Å². The Morgan fingerprint density at radius 2 is 2.12 bits per heavy atom. The number of amides is 1. The molecule has 0 spiro atoms. The molecule has 1 fully saturated rings. The van der Waals surface area contributed by atoms with Gasteiger partial charge >= 0.3 is 0 Å². The Hall–Kier alpha value is -0.650. The monoisotopic (exact) mass is 243 g/mol. The average molecular weight is 243 g/mol. The van der Waals surface area contributed by atoms with Crippen molar-refractivity contribution in [3.05, 3.63) is 0 Å². The van der Waals surface area contributed by atoms with Gasteiger partial charge in [-0.15, -0.1) is 0 Å². The largest absolute Gasteiger partial charge is 0.383 e. The summed E-state index contributed by atoms with van der Waals surface area (Å²) in [7, 11) is 1.75. The molecule has 0 bridgehead atoms. The van der Waals surface area contributed by atoms with Crippen molar-refractivity contribution in [1.82, 2.24) is 10.3 Å². The molecule has 3 N–H and O–H groups in total. The molecule has 1 aliphatic carbocycles. The minimum atomic E-state index is -0.0663. The Bertz CT molecular complexity index is 220. The van der Waals surface area contributed by atoms with Gasteiger partial charge in [0, 0.05) is 26.1 Å². The number of carbonyl (C=O) groups is 1. The molecule has 0 aliphatic heterocycles. The summed E-state index contributed by atoms with van der Waals surface area (Å²) >= 11 is 0. The summed E-state index contributed by atoms with van der Waals surface area (Å²) in [5.74, 6) is 4.95. The zero-order valence-corrected chi connectivity index (χ0v) is 10.8. The molecule has 5 nitrogen and oxygen atoms in total. The normalized spacial score (nSPS) is 15.2. The zero-order valence-electron chi connectivity index (χ0n) is 10.8. The molecule has 0 aromatic carbocycles. The fourth-order valence-electron chi connectivity index (χ4n) is 1.97. The van der Waals surface area contributed by atoms with E-state index in [9.17, 15) is 4.79 Å². The van der Waals surface area contributed by atoms with E-state index < -0.39 is 0 Å². The van der Waals surface area contributed by atoms with Gasteiger partial charge in [-0.2, -0.15) is 0 Å². The van der Waals surface area contributed by atoms with Crippen molar-refractivity contribution in [2.75, 3.05) is 26.8 Å². The van der Waals surface area contributed by atoms with Crippen LogP contribution in [0.1, 0.15) is 38.5 Å². The van der Waals surface area contributed by atoms with E-state index in [1.807, 2.05) is 0 Å². The molecule has 0 heterocycles. The number of ether oxygens (including phenoxy) is 1. The number of methoxy groups -OCH3 is 1. The lowest BCUT2D eigenvalue weighted by molar-refractivity contribution is -0.121. The predicted molar refractivity (Wildman–Crippen MR) is 67.3 cm³/mol. The van der Waals surface area contributed by atoms with E-state index in [0.29, 0.717) is 6.42 Å². The van der Waals surface area contributed by atoms with Crippen molar-refractivity contribution in [3.63, 3.8) is 0 Å². The third-order valence-corrected chi connectivity index (χ3v) is 3.16. The summed E-state index contributed by atoms with van der Waals surface area (Å²) in [4.78, 5) is 13.4. The molecular weight excluding hydrogens is 218 g/mol. The molecule has 1 aliphatic rings. The topological polar surface area (TPSA) is 67.6 Å². The van der Waals surface area contributed by atoms with Gasteiger partial charge in [0.1, 0.15) is 0 Å². The Morgan fingerprint density at radius 3 is 2.71 bits per heavy atom. The van der Waals surface area contributed by atoms with Crippen LogP contribution in [0.15, 0.2) is 0 Å². The van der Waals surface area contributed by atoms with Gasteiger partial charge in [0.05, 0.1) is 6.61 Å². The van der Waals surface area contributed by atoms with Gasteiger partial charge < -0.3 is 4.74 Å². The Balaban J connectivity index is 2.00. The highest BCUT2D eigenvalue weighted by atomic mass is 16.5. The van der Waals surface area contributed by atoms with E-state index in [2.05, 4.69) is 10.3 Å². The molecule has 0 saturated heterocycles. The van der Waals surface area contributed by atoms with E-state index in [0.717, 1.165) is 45.0 Å². The SMILES string of the molecule is COCCN(CCCCCC(=O)NN)C1CC1. The van der Waals surface area contributed by atoms with Crippen molar-refractivity contribution in [2.24, 2.45) is 5.84 Å². The smallest absolute Gasteiger partial charge is 0.233 e. The van der Waals surface area contributed by atoms with Crippen LogP contribution in [0.5, 0.6) is 0 Å². The number of hydrogen-bond donors (Lipinski definition) is 2. The van der Waals surface area contributed by atoms with Crippen molar-refractivity contribution >= 4 is 5.91 Å². The van der Waals surface area contributed by atoms with Gasteiger partial charge in [-0.25, -0.2) is 5.84 Å². The molecule has 17 heavy (non-hydrogen) atoms. The molecule has 1 saturated carbocycles. The highest BCUT2D eigenvalue weighted by Gasteiger charge is 2.27. The Kier molecular flexibility index (Phi) is 7.16. The third kappa shape index (κ3) is 6.61. The van der Waals surface area contributed by atoms with Crippen molar-refractivity contribution in [1.29, 1.82) is 0 Å². The van der Waals surface area contributed by atoms with Gasteiger partial charge in [0.2, 0.25) is 5.91 Å². The number of rotatable bonds is 10. The molecule has 1 rings (SSSR count). The van der Waals surface area contributed by atoms with Gasteiger partial charge in [-0.05, 0) is 32.2 Å². The van der Waals surface area contributed by atoms with Crippen molar-refractivity contribution in [3.8, 4) is 0 Å². The molecule has 0 aromatic heterocycles. The number of carbonyl (C=O) groups excluding carboxylic acids is 1. The van der Waals surface area contributed by atoms with Crippen LogP contribution in [0.3, 0.4) is 0 Å². The summed E-state index contributed by atoms with van der Waals surface area (Å²) in [5, 5.41) is 0. The second-order valence-corrected chi connectivity index (χ2v) is 4.64. The lowest BCUT2D eigenvalue weighted by Gasteiger charge is -2.21. The summed E-state index contributed by atoms with van der Waals surface area (Å²) in [5.41, 5.74) is 2.15. The number of hydrogen-bond acceptors (Lipinski definition) is 4. The number of hydrazine groups is 1. The molecule has 0 unspecified atom stereocenters. The third-order valence-electron chi connectivity index (χ3n) is 3.16. The highest BCUT2D eigenvalue weighted by molar-refractivity contribution is 5.74. The predicted octanol–water partition coefficient (Wildman–Crippen LogP) is 0.648. The summed E-state index contributed by atoms with van der Waals surface area (Å²) < 4.78 is 5.12. The van der Waals surface area contributed by atoms with Crippen LogP contribution in [0.25, 0.3) is 0 Å². The second kappa shape index (κ2) is 8.44. The first-order valence-electron chi connectivity index (χ1n) is 6.50. The van der Waals surface area contributed by atoms with Crippen molar-refractivity contribution in [2.45, 2.75) is 44.6 Å². The molecule has 0 radical (unpaired) electrons. The average Bonchev–Trinajstić information content (AvgIpc) is 3.16. The fraction of sp³-hybridized carbons (Fsp3) is 0.917. The summed E-state index contributed by atoms with van der Waals surface area (Å²) in [6.45, 7) is 2.97. The maximum atomic E-state index is 10.9. The minimum Gasteiger partial charge on any atom is -0.383 e. The Labute approximate surface area is 104 Å². The quantitative estimate of drug-likeness (QED) is 0.256. The van der Waals surface area contributed by atoms with E-state index in [-0.39, 0.29) is 5.91 Å². The lowest BCUT2D eigenvalue weighted by atomic mass is 10.2. The number of nitrogens with one attached hydrogen (secondary N) is 1. The first-order chi connectivity index (χ1) is 8.27. The molecule has 5 heteroatoms. The van der Waals surface area contributed by atoms with Crippen LogP contribution >= 0.6 is 0 Å². The van der Waals surface area contributed by atoms with E-state index in [1.54, 1.807) is 7.11 Å². The second-order valence-electron chi connectivity index (χ2n) is 4.64. The molecule has 0 atom stereocenters. The molecule has 0 aromatic rings. The minimum absolute atomic E-state index is 0.0663. The van der Waals surface area contributed by atoms with Crippen LogP contribution in [0.4, 0.5) is 0 Å². The molecule has 1 amide bonds. The summed E-state index contributed by atoms with van der Waals surface area (Å²) in [6, 6.07) is 0.789. The van der Waals surface area contributed by atoms with Gasteiger partial charge in [0.25, 0.3) is 0 Å². The van der Waals surface area contributed by atoms with Crippen molar-refractivity contribution < 1.29 is 9.53 Å². The van der Waals surface area contributed by atoms with E-state index in [1.165, 1.54) is 12.8 Å². The first-order valence-corrected chi connectivity index (χ1v) is 6.50. The highest BCUT2D eigenvalue weighted by Crippen LogP contribution is 2.26. The molecule has 100 valence electrons. The van der Waals surface area contributed by atoms with Crippen LogP contribution in [-0.4, -0.2) is 43.7 Å². The zero-order chi connectivity index (χ0) is 12.5. The number of nitrogens with two attached hydrogens (primary N) is 1. The standard InChI is InChI=1S/C12H25N3O2/c1-17-10-9-15(11-6-7-11)8-4-2-3-5-12(16)14-13/h11H,2-10,13H2,1H3,(H,14,16). The van der Waals surface area contributed by atoms with E-state index in [4.69, 9.17) is 10.6 Å². The lowest BCUT2D eigenvalue weighted by Crippen LogP contribution is -2.31. The van der Waals surface area contributed by atoms with Gasteiger partial charge in [-0.1, -0.05) is 6.42 Å². The number of nitrogens with zero attached hydrogens (tertiary/aromatic N) is 1. The van der Waals surface area contributed by atoms with E-state index >= 15 is 0 Å². The van der Waals surface area contributed by atoms with Gasteiger partial charge in [-0.3, -0.25) is 15.1 Å². The maximum Gasteiger partial charge on any atom is 0.233 e. The number of unbranched alkanes of at least 4 members (excludes halogenated alkanes) is 2. The molecular formula is C12H25N3O2. The van der Waals surface area contributed by atoms with Crippen LogP contribution in [-0.2, 0) is 9.53 Å². The first kappa shape index (κ1) is 14.4. The van der Waals surface area contributed by atoms with Crippen LogP contribution in [0, 0.1) is 0 Å². The summed E-state index contributed by atoms with van der Waals surface area (Å²) in [6.07, 6.45) is 6.37.